The summed E-state index contributed by atoms with van der Waals surface area (Å²) in [5.74, 6) is -0.795. The van der Waals surface area contributed by atoms with Crippen molar-refractivity contribution in [3.63, 3.8) is 0 Å². The van der Waals surface area contributed by atoms with Crippen molar-refractivity contribution in [1.82, 2.24) is 5.32 Å². The molecule has 0 amide bonds. The van der Waals surface area contributed by atoms with Gasteiger partial charge in [-0.05, 0) is 31.0 Å². The summed E-state index contributed by atoms with van der Waals surface area (Å²) >= 11 is 0. The smallest absolute Gasteiger partial charge is 0.317 e. The fraction of sp³-hybridized carbons (Fsp3) is 0.923. The fourth-order valence-electron chi connectivity index (χ4n) is 1.53. The highest BCUT2D eigenvalue weighted by molar-refractivity contribution is 6.74. The van der Waals surface area contributed by atoms with Crippen LogP contribution in [0.3, 0.4) is 0 Å². The molecule has 18 heavy (non-hydrogen) atoms. The lowest BCUT2D eigenvalue weighted by Gasteiger charge is -2.37. The minimum Gasteiger partial charge on any atom is -0.480 e. The van der Waals surface area contributed by atoms with E-state index in [1.165, 1.54) is 0 Å². The van der Waals surface area contributed by atoms with E-state index in [2.05, 4.69) is 39.2 Å². The first kappa shape index (κ1) is 15.7. The molecule has 0 bridgehead atoms. The average molecular weight is 273 g/mol. The molecule has 0 aromatic heterocycles. The van der Waals surface area contributed by atoms with Crippen molar-refractivity contribution < 1.29 is 14.3 Å². The number of rotatable bonds is 7. The van der Waals surface area contributed by atoms with E-state index in [-0.39, 0.29) is 17.0 Å². The molecule has 106 valence electrons. The number of carbonyl (C=O) groups is 1. The SMILES string of the molecule is CC(C)(C)[Si](C)(C)OCC1(CNCC(=O)O)CC1. The maximum atomic E-state index is 10.5. The summed E-state index contributed by atoms with van der Waals surface area (Å²) in [4.78, 5) is 10.5. The van der Waals surface area contributed by atoms with Crippen LogP contribution in [0.4, 0.5) is 0 Å². The Balaban J connectivity index is 2.36. The molecule has 2 N–H and O–H groups in total. The first-order valence-corrected chi connectivity index (χ1v) is 9.55. The highest BCUT2D eigenvalue weighted by atomic mass is 28.4. The predicted octanol–water partition coefficient (Wildman–Crippen LogP) is 2.46. The standard InChI is InChI=1S/C13H27NO3Si/c1-12(2,3)18(4,5)17-10-13(6-7-13)9-14-8-11(15)16/h14H,6-10H2,1-5H3,(H,15,16). The summed E-state index contributed by atoms with van der Waals surface area (Å²) in [5, 5.41) is 11.8. The molecule has 0 saturated heterocycles. The van der Waals surface area contributed by atoms with Crippen LogP contribution in [0.5, 0.6) is 0 Å². The summed E-state index contributed by atoms with van der Waals surface area (Å²) in [7, 11) is -1.68. The van der Waals surface area contributed by atoms with Gasteiger partial charge < -0.3 is 14.8 Å². The number of hydrogen-bond acceptors (Lipinski definition) is 3. The Morgan fingerprint density at radius 3 is 2.33 bits per heavy atom. The third-order valence-corrected chi connectivity index (χ3v) is 8.76. The van der Waals surface area contributed by atoms with Gasteiger partial charge in [0.15, 0.2) is 8.32 Å². The van der Waals surface area contributed by atoms with Crippen LogP contribution in [0.15, 0.2) is 0 Å². The summed E-state index contributed by atoms with van der Waals surface area (Å²) < 4.78 is 6.23. The second kappa shape index (κ2) is 5.31. The number of aliphatic carboxylic acids is 1. The Hall–Kier alpha value is -0.393. The lowest BCUT2D eigenvalue weighted by Crippen LogP contribution is -2.43. The van der Waals surface area contributed by atoms with Gasteiger partial charge in [0.2, 0.25) is 0 Å². The Kier molecular flexibility index (Phi) is 4.62. The Morgan fingerprint density at radius 2 is 1.94 bits per heavy atom. The number of nitrogens with one attached hydrogen (secondary N) is 1. The lowest BCUT2D eigenvalue weighted by atomic mass is 10.1. The zero-order valence-electron chi connectivity index (χ0n) is 12.3. The third-order valence-electron chi connectivity index (χ3n) is 4.28. The van der Waals surface area contributed by atoms with Gasteiger partial charge in [-0.25, -0.2) is 0 Å². The van der Waals surface area contributed by atoms with Crippen LogP contribution >= 0.6 is 0 Å². The van der Waals surface area contributed by atoms with E-state index in [9.17, 15) is 4.79 Å². The van der Waals surface area contributed by atoms with Crippen molar-refractivity contribution in [3.05, 3.63) is 0 Å². The van der Waals surface area contributed by atoms with Crippen LogP contribution in [0.25, 0.3) is 0 Å². The number of carboxylic acid groups (broad SMARTS) is 1. The van der Waals surface area contributed by atoms with Gasteiger partial charge in [-0.2, -0.15) is 0 Å². The Bertz CT molecular complexity index is 306. The van der Waals surface area contributed by atoms with Crippen molar-refractivity contribution in [2.24, 2.45) is 5.41 Å². The van der Waals surface area contributed by atoms with Crippen LogP contribution in [0.1, 0.15) is 33.6 Å². The highest BCUT2D eigenvalue weighted by Gasteiger charge is 2.46. The summed E-state index contributed by atoms with van der Waals surface area (Å²) in [6.45, 7) is 12.8. The van der Waals surface area contributed by atoms with E-state index in [1.54, 1.807) is 0 Å². The van der Waals surface area contributed by atoms with Crippen LogP contribution in [0, 0.1) is 5.41 Å². The quantitative estimate of drug-likeness (QED) is 0.700. The van der Waals surface area contributed by atoms with E-state index in [0.29, 0.717) is 0 Å². The van der Waals surface area contributed by atoms with Gasteiger partial charge in [-0.1, -0.05) is 20.8 Å². The molecular weight excluding hydrogens is 246 g/mol. The summed E-state index contributed by atoms with van der Waals surface area (Å²) in [5.41, 5.74) is 0.199. The van der Waals surface area contributed by atoms with Gasteiger partial charge in [0.05, 0.1) is 6.54 Å². The maximum absolute atomic E-state index is 10.5. The van der Waals surface area contributed by atoms with Crippen molar-refractivity contribution in [2.45, 2.75) is 51.7 Å². The molecule has 0 radical (unpaired) electrons. The molecule has 5 heteroatoms. The molecule has 0 unspecified atom stereocenters. The van der Waals surface area contributed by atoms with Gasteiger partial charge in [-0.3, -0.25) is 4.79 Å². The molecule has 0 aromatic rings. The molecule has 1 fully saturated rings. The van der Waals surface area contributed by atoms with Crippen LogP contribution in [0.2, 0.25) is 18.1 Å². The molecule has 0 spiro atoms. The second-order valence-corrected chi connectivity index (χ2v) is 11.9. The first-order valence-electron chi connectivity index (χ1n) is 6.65. The van der Waals surface area contributed by atoms with Crippen LogP contribution in [-0.2, 0) is 9.22 Å². The normalized spacial score (nSPS) is 18.7. The minimum atomic E-state index is -1.68. The number of hydrogen-bond donors (Lipinski definition) is 2. The Morgan fingerprint density at radius 1 is 1.39 bits per heavy atom. The third kappa shape index (κ3) is 4.37. The van der Waals surface area contributed by atoms with Crippen molar-refractivity contribution in [1.29, 1.82) is 0 Å². The molecule has 1 rings (SSSR count). The average Bonchev–Trinajstić information content (AvgIpc) is 2.94. The molecule has 4 nitrogen and oxygen atoms in total. The minimum absolute atomic E-state index is 0.0435. The van der Waals surface area contributed by atoms with E-state index in [1.807, 2.05) is 0 Å². The fourth-order valence-corrected chi connectivity index (χ4v) is 2.63. The van der Waals surface area contributed by atoms with Gasteiger partial charge in [0.1, 0.15) is 0 Å². The predicted molar refractivity (Wildman–Crippen MR) is 75.3 cm³/mol. The van der Waals surface area contributed by atoms with Crippen molar-refractivity contribution >= 4 is 14.3 Å². The Labute approximate surface area is 111 Å². The molecule has 0 aromatic carbocycles. The largest absolute Gasteiger partial charge is 0.480 e. The molecule has 1 aliphatic rings. The first-order chi connectivity index (χ1) is 8.08. The molecular formula is C13H27NO3Si. The van der Waals surface area contributed by atoms with Gasteiger partial charge in [0, 0.05) is 18.6 Å². The van der Waals surface area contributed by atoms with Gasteiger partial charge in [-0.15, -0.1) is 0 Å². The highest BCUT2D eigenvalue weighted by Crippen LogP contribution is 2.47. The summed E-state index contributed by atoms with van der Waals surface area (Å²) in [6.07, 6.45) is 2.29. The molecule has 0 atom stereocenters. The van der Waals surface area contributed by atoms with Crippen LogP contribution < -0.4 is 5.32 Å². The molecule has 0 aliphatic heterocycles. The molecule has 1 saturated carbocycles. The summed E-state index contributed by atoms with van der Waals surface area (Å²) in [6, 6.07) is 0. The van der Waals surface area contributed by atoms with E-state index < -0.39 is 14.3 Å². The lowest BCUT2D eigenvalue weighted by molar-refractivity contribution is -0.136. The molecule has 0 heterocycles. The monoisotopic (exact) mass is 273 g/mol. The van der Waals surface area contributed by atoms with E-state index in [0.717, 1.165) is 26.0 Å². The van der Waals surface area contributed by atoms with Crippen LogP contribution in [-0.4, -0.2) is 39.1 Å². The number of carboxylic acids is 1. The van der Waals surface area contributed by atoms with Gasteiger partial charge >= 0.3 is 5.97 Å². The van der Waals surface area contributed by atoms with E-state index >= 15 is 0 Å². The zero-order valence-corrected chi connectivity index (χ0v) is 13.3. The van der Waals surface area contributed by atoms with Crippen molar-refractivity contribution in [2.75, 3.05) is 19.7 Å². The van der Waals surface area contributed by atoms with Gasteiger partial charge in [0.25, 0.3) is 0 Å². The zero-order chi connectivity index (χ0) is 14.0. The van der Waals surface area contributed by atoms with Crippen molar-refractivity contribution in [3.8, 4) is 0 Å². The van der Waals surface area contributed by atoms with E-state index in [4.69, 9.17) is 9.53 Å². The maximum Gasteiger partial charge on any atom is 0.317 e. The topological polar surface area (TPSA) is 58.6 Å². The molecule has 1 aliphatic carbocycles. The second-order valence-electron chi connectivity index (χ2n) is 7.05.